The van der Waals surface area contributed by atoms with Crippen molar-refractivity contribution in [2.75, 3.05) is 32.7 Å². The average molecular weight is 265 g/mol. The van der Waals surface area contributed by atoms with Gasteiger partial charge in [-0.3, -0.25) is 9.69 Å². The summed E-state index contributed by atoms with van der Waals surface area (Å²) in [4.78, 5) is 14.7. The summed E-state index contributed by atoms with van der Waals surface area (Å²) in [5.41, 5.74) is 0.367. The maximum atomic E-state index is 12.2. The maximum absolute atomic E-state index is 12.2. The summed E-state index contributed by atoms with van der Waals surface area (Å²) in [5.74, 6) is 0.619. The van der Waals surface area contributed by atoms with Gasteiger partial charge in [0.15, 0.2) is 0 Å². The number of hydrogen-bond acceptors (Lipinski definition) is 3. The van der Waals surface area contributed by atoms with E-state index in [1.807, 2.05) is 0 Å². The molecule has 2 unspecified atom stereocenters. The molecular weight excluding hydrogens is 238 g/mol. The first-order valence-electron chi connectivity index (χ1n) is 7.94. The third-order valence-corrected chi connectivity index (χ3v) is 5.44. The number of carbonyl (C=O) groups excluding carboxylic acids is 1. The van der Waals surface area contributed by atoms with Gasteiger partial charge < -0.3 is 10.6 Å². The Hall–Kier alpha value is -0.610. The van der Waals surface area contributed by atoms with Gasteiger partial charge in [0.25, 0.3) is 0 Å². The van der Waals surface area contributed by atoms with Crippen molar-refractivity contribution < 1.29 is 4.79 Å². The second-order valence-corrected chi connectivity index (χ2v) is 6.71. The number of rotatable bonds is 4. The van der Waals surface area contributed by atoms with Crippen LogP contribution in [0.25, 0.3) is 0 Å². The SMILES string of the molecule is CC(CNC(=O)C1CC12CCNCC2)N1CCCC1. The Balaban J connectivity index is 1.42. The zero-order valence-electron chi connectivity index (χ0n) is 12.1. The molecule has 2 aliphatic heterocycles. The number of nitrogens with one attached hydrogen (secondary N) is 2. The van der Waals surface area contributed by atoms with E-state index in [1.165, 1.54) is 38.8 Å². The van der Waals surface area contributed by atoms with Gasteiger partial charge in [-0.05, 0) is 70.6 Å². The van der Waals surface area contributed by atoms with Crippen LogP contribution in [0.1, 0.15) is 39.0 Å². The number of likely N-dealkylation sites (tertiary alicyclic amines) is 1. The van der Waals surface area contributed by atoms with Crippen molar-refractivity contribution in [3.05, 3.63) is 0 Å². The van der Waals surface area contributed by atoms with Crippen LogP contribution in [0.4, 0.5) is 0 Å². The molecule has 2 N–H and O–H groups in total. The normalized spacial score (nSPS) is 31.3. The Bertz CT molecular complexity index is 332. The molecule has 4 heteroatoms. The highest BCUT2D eigenvalue weighted by Crippen LogP contribution is 2.58. The highest BCUT2D eigenvalue weighted by molar-refractivity contribution is 5.82. The van der Waals surface area contributed by atoms with Gasteiger partial charge in [0.1, 0.15) is 0 Å². The molecule has 1 aliphatic carbocycles. The van der Waals surface area contributed by atoms with E-state index in [1.54, 1.807) is 0 Å². The number of piperidine rings is 1. The fraction of sp³-hybridized carbons (Fsp3) is 0.933. The van der Waals surface area contributed by atoms with Crippen molar-refractivity contribution in [3.63, 3.8) is 0 Å². The molecule has 3 rings (SSSR count). The van der Waals surface area contributed by atoms with Gasteiger partial charge in [-0.25, -0.2) is 0 Å². The predicted molar refractivity (Wildman–Crippen MR) is 75.9 cm³/mol. The minimum Gasteiger partial charge on any atom is -0.354 e. The van der Waals surface area contributed by atoms with Crippen molar-refractivity contribution in [2.24, 2.45) is 11.3 Å². The van der Waals surface area contributed by atoms with Gasteiger partial charge in [0.05, 0.1) is 0 Å². The Morgan fingerprint density at radius 1 is 1.37 bits per heavy atom. The van der Waals surface area contributed by atoms with E-state index in [4.69, 9.17) is 0 Å². The molecule has 1 saturated carbocycles. The molecule has 0 aromatic heterocycles. The Morgan fingerprint density at radius 3 is 2.74 bits per heavy atom. The third-order valence-electron chi connectivity index (χ3n) is 5.44. The molecule has 1 amide bonds. The summed E-state index contributed by atoms with van der Waals surface area (Å²) >= 11 is 0. The zero-order valence-corrected chi connectivity index (χ0v) is 12.1. The van der Waals surface area contributed by atoms with Crippen LogP contribution in [-0.4, -0.2) is 49.6 Å². The molecule has 0 radical (unpaired) electrons. The van der Waals surface area contributed by atoms with Crippen LogP contribution in [0.5, 0.6) is 0 Å². The zero-order chi connectivity index (χ0) is 13.3. The standard InChI is InChI=1S/C15H27N3O/c1-12(18-8-2-3-9-18)11-17-14(19)13-10-15(13)4-6-16-7-5-15/h12-13,16H,2-11H2,1H3,(H,17,19). The van der Waals surface area contributed by atoms with Crippen molar-refractivity contribution in [1.82, 2.24) is 15.5 Å². The molecule has 2 saturated heterocycles. The average Bonchev–Trinajstić information content (AvgIpc) is 2.90. The Kier molecular flexibility index (Phi) is 3.81. The second-order valence-electron chi connectivity index (χ2n) is 6.71. The smallest absolute Gasteiger partial charge is 0.223 e. The molecule has 19 heavy (non-hydrogen) atoms. The van der Waals surface area contributed by atoms with E-state index in [0.29, 0.717) is 23.3 Å². The molecule has 3 aliphatic rings. The maximum Gasteiger partial charge on any atom is 0.223 e. The largest absolute Gasteiger partial charge is 0.354 e. The minimum atomic E-state index is 0.306. The number of amides is 1. The molecule has 2 heterocycles. The lowest BCUT2D eigenvalue weighted by atomic mass is 9.92. The van der Waals surface area contributed by atoms with Crippen LogP contribution >= 0.6 is 0 Å². The lowest BCUT2D eigenvalue weighted by molar-refractivity contribution is -0.123. The predicted octanol–water partition coefficient (Wildman–Crippen LogP) is 0.977. The van der Waals surface area contributed by atoms with Crippen molar-refractivity contribution in [3.8, 4) is 0 Å². The molecular formula is C15H27N3O. The Labute approximate surface area is 116 Å². The first-order valence-corrected chi connectivity index (χ1v) is 7.94. The number of carbonyl (C=O) groups is 1. The van der Waals surface area contributed by atoms with Crippen molar-refractivity contribution in [2.45, 2.75) is 45.1 Å². The summed E-state index contributed by atoms with van der Waals surface area (Å²) in [7, 11) is 0. The monoisotopic (exact) mass is 265 g/mol. The van der Waals surface area contributed by atoms with Crippen molar-refractivity contribution in [1.29, 1.82) is 0 Å². The topological polar surface area (TPSA) is 44.4 Å². The van der Waals surface area contributed by atoms with Crippen LogP contribution in [0.2, 0.25) is 0 Å². The van der Waals surface area contributed by atoms with Crippen LogP contribution in [-0.2, 0) is 4.79 Å². The molecule has 108 valence electrons. The Morgan fingerprint density at radius 2 is 2.05 bits per heavy atom. The summed E-state index contributed by atoms with van der Waals surface area (Å²) in [5, 5.41) is 6.58. The summed E-state index contributed by atoms with van der Waals surface area (Å²) < 4.78 is 0. The quantitative estimate of drug-likeness (QED) is 0.796. The van der Waals surface area contributed by atoms with Gasteiger partial charge in [0, 0.05) is 18.5 Å². The van der Waals surface area contributed by atoms with Crippen LogP contribution in [0.3, 0.4) is 0 Å². The van der Waals surface area contributed by atoms with E-state index < -0.39 is 0 Å². The van der Waals surface area contributed by atoms with Gasteiger partial charge in [-0.1, -0.05) is 0 Å². The van der Waals surface area contributed by atoms with Crippen LogP contribution < -0.4 is 10.6 Å². The van der Waals surface area contributed by atoms with Gasteiger partial charge >= 0.3 is 0 Å². The van der Waals surface area contributed by atoms with Crippen LogP contribution in [0, 0.1) is 11.3 Å². The fourth-order valence-electron chi connectivity index (χ4n) is 3.88. The van der Waals surface area contributed by atoms with E-state index in [2.05, 4.69) is 22.5 Å². The van der Waals surface area contributed by atoms with Crippen molar-refractivity contribution >= 4 is 5.91 Å². The summed E-state index contributed by atoms with van der Waals surface area (Å²) in [6.45, 7) is 7.65. The molecule has 0 aromatic rings. The number of nitrogens with zero attached hydrogens (tertiary/aromatic N) is 1. The molecule has 4 nitrogen and oxygen atoms in total. The molecule has 0 bridgehead atoms. The lowest BCUT2D eigenvalue weighted by Crippen LogP contribution is -2.42. The highest BCUT2D eigenvalue weighted by atomic mass is 16.2. The minimum absolute atomic E-state index is 0.306. The first kappa shape index (κ1) is 13.4. The highest BCUT2D eigenvalue weighted by Gasteiger charge is 2.57. The third kappa shape index (κ3) is 2.79. The molecule has 3 fully saturated rings. The number of hydrogen-bond donors (Lipinski definition) is 2. The van der Waals surface area contributed by atoms with Gasteiger partial charge in [0.2, 0.25) is 5.91 Å². The lowest BCUT2D eigenvalue weighted by Gasteiger charge is -2.25. The summed E-state index contributed by atoms with van der Waals surface area (Å²) in [6, 6.07) is 0.495. The molecule has 1 spiro atoms. The van der Waals surface area contributed by atoms with Gasteiger partial charge in [-0.15, -0.1) is 0 Å². The van der Waals surface area contributed by atoms with E-state index in [0.717, 1.165) is 26.1 Å². The van der Waals surface area contributed by atoms with Gasteiger partial charge in [-0.2, -0.15) is 0 Å². The van der Waals surface area contributed by atoms with E-state index >= 15 is 0 Å². The molecule has 0 aromatic carbocycles. The fourth-order valence-corrected chi connectivity index (χ4v) is 3.88. The van der Waals surface area contributed by atoms with E-state index in [9.17, 15) is 4.79 Å². The van der Waals surface area contributed by atoms with Crippen LogP contribution in [0.15, 0.2) is 0 Å². The summed E-state index contributed by atoms with van der Waals surface area (Å²) in [6.07, 6.45) is 6.13. The first-order chi connectivity index (χ1) is 9.21. The van der Waals surface area contributed by atoms with E-state index in [-0.39, 0.29) is 0 Å². The molecule has 2 atom stereocenters. The second kappa shape index (κ2) is 5.41.